The average Bonchev–Trinajstić information content (AvgIpc) is 3.22. The molecule has 4 rings (SSSR count). The Morgan fingerprint density at radius 3 is 2.40 bits per heavy atom. The molecule has 1 fully saturated rings. The molecule has 0 spiro atoms. The third kappa shape index (κ3) is 4.72. The Morgan fingerprint density at radius 1 is 0.967 bits per heavy atom. The Kier molecular flexibility index (Phi) is 6.15. The molecule has 30 heavy (non-hydrogen) atoms. The van der Waals surface area contributed by atoms with Crippen molar-refractivity contribution in [1.29, 1.82) is 0 Å². The van der Waals surface area contributed by atoms with Crippen LogP contribution in [-0.2, 0) is 4.79 Å². The third-order valence-corrected chi connectivity index (χ3v) is 5.97. The molecule has 0 radical (unpaired) electrons. The minimum atomic E-state index is -0.120. The van der Waals surface area contributed by atoms with Crippen molar-refractivity contribution in [3.05, 3.63) is 65.7 Å². The third-order valence-electron chi connectivity index (χ3n) is 5.09. The molecule has 1 N–H and O–H groups in total. The Labute approximate surface area is 179 Å². The number of aromatic nitrogens is 2. The summed E-state index contributed by atoms with van der Waals surface area (Å²) in [6, 6.07) is 17.3. The van der Waals surface area contributed by atoms with Gasteiger partial charge >= 0.3 is 0 Å². The van der Waals surface area contributed by atoms with E-state index in [4.69, 9.17) is 0 Å². The molecule has 0 atom stereocenters. The topological polar surface area (TPSA) is 78.4 Å². The standard InChI is InChI=1S/C22H23N5O2S/c1-16-7-5-6-10-18(16)20-24-25-22(30-20)23-19(28)15-26-11-13-27(14-12-26)21(29)17-8-3-2-4-9-17/h2-10H,11-15H2,1H3,(H,23,25,28). The molecule has 1 saturated heterocycles. The molecule has 2 heterocycles. The average molecular weight is 422 g/mol. The van der Waals surface area contributed by atoms with Crippen molar-refractivity contribution in [1.82, 2.24) is 20.0 Å². The van der Waals surface area contributed by atoms with Crippen molar-refractivity contribution in [3.8, 4) is 10.6 Å². The number of anilines is 1. The summed E-state index contributed by atoms with van der Waals surface area (Å²) in [5.74, 6) is -0.0809. The number of carbonyl (C=O) groups is 2. The molecule has 1 aromatic heterocycles. The van der Waals surface area contributed by atoms with Crippen LogP contribution in [-0.4, -0.2) is 64.5 Å². The monoisotopic (exact) mass is 421 g/mol. The molecular weight excluding hydrogens is 398 g/mol. The lowest BCUT2D eigenvalue weighted by Gasteiger charge is -2.34. The van der Waals surface area contributed by atoms with Gasteiger partial charge in [-0.1, -0.05) is 53.8 Å². The van der Waals surface area contributed by atoms with Gasteiger partial charge in [0.25, 0.3) is 5.91 Å². The predicted molar refractivity (Wildman–Crippen MR) is 117 cm³/mol. The van der Waals surface area contributed by atoms with Crippen molar-refractivity contribution < 1.29 is 9.59 Å². The van der Waals surface area contributed by atoms with Gasteiger partial charge in [-0.15, -0.1) is 10.2 Å². The molecule has 1 aliphatic heterocycles. The molecular formula is C22H23N5O2S. The number of benzene rings is 2. The smallest absolute Gasteiger partial charge is 0.253 e. The largest absolute Gasteiger partial charge is 0.336 e. The molecule has 1 aliphatic rings. The number of amides is 2. The van der Waals surface area contributed by atoms with Gasteiger partial charge in [0.15, 0.2) is 0 Å². The maximum absolute atomic E-state index is 12.5. The van der Waals surface area contributed by atoms with Crippen LogP contribution in [0, 0.1) is 6.92 Å². The van der Waals surface area contributed by atoms with E-state index in [-0.39, 0.29) is 18.4 Å². The highest BCUT2D eigenvalue weighted by Gasteiger charge is 2.23. The summed E-state index contributed by atoms with van der Waals surface area (Å²) >= 11 is 1.37. The molecule has 154 valence electrons. The van der Waals surface area contributed by atoms with E-state index >= 15 is 0 Å². The summed E-state index contributed by atoms with van der Waals surface area (Å²) < 4.78 is 0. The molecule has 0 unspecified atom stereocenters. The quantitative estimate of drug-likeness (QED) is 0.685. The van der Waals surface area contributed by atoms with Crippen LogP contribution in [0.15, 0.2) is 54.6 Å². The number of hydrogen-bond acceptors (Lipinski definition) is 6. The molecule has 3 aromatic rings. The summed E-state index contributed by atoms with van der Waals surface area (Å²) in [5.41, 5.74) is 2.84. The van der Waals surface area contributed by atoms with Gasteiger partial charge in [-0.3, -0.25) is 19.8 Å². The van der Waals surface area contributed by atoms with Crippen molar-refractivity contribution in [3.63, 3.8) is 0 Å². The first-order valence-electron chi connectivity index (χ1n) is 9.86. The van der Waals surface area contributed by atoms with Gasteiger partial charge in [0.05, 0.1) is 6.54 Å². The molecule has 7 nitrogen and oxygen atoms in total. The van der Waals surface area contributed by atoms with Crippen LogP contribution in [0.2, 0.25) is 0 Å². The fourth-order valence-corrected chi connectivity index (χ4v) is 4.28. The fourth-order valence-electron chi connectivity index (χ4n) is 3.43. The van der Waals surface area contributed by atoms with Crippen LogP contribution < -0.4 is 5.32 Å². The van der Waals surface area contributed by atoms with E-state index in [2.05, 4.69) is 15.5 Å². The molecule has 0 bridgehead atoms. The second-order valence-corrected chi connectivity index (χ2v) is 8.19. The first-order chi connectivity index (χ1) is 14.6. The van der Waals surface area contributed by atoms with Gasteiger partial charge in [-0.2, -0.15) is 0 Å². The summed E-state index contributed by atoms with van der Waals surface area (Å²) in [7, 11) is 0. The zero-order valence-corrected chi connectivity index (χ0v) is 17.6. The highest BCUT2D eigenvalue weighted by Crippen LogP contribution is 2.28. The SMILES string of the molecule is Cc1ccccc1-c1nnc(NC(=O)CN2CCN(C(=O)c3ccccc3)CC2)s1. The fraction of sp³-hybridized carbons (Fsp3) is 0.273. The minimum Gasteiger partial charge on any atom is -0.336 e. The highest BCUT2D eigenvalue weighted by molar-refractivity contribution is 7.18. The number of nitrogens with zero attached hydrogens (tertiary/aromatic N) is 4. The summed E-state index contributed by atoms with van der Waals surface area (Å²) in [6.07, 6.45) is 0. The van der Waals surface area contributed by atoms with Crippen molar-refractivity contribution in [2.75, 3.05) is 38.0 Å². The second-order valence-electron chi connectivity index (χ2n) is 7.21. The number of piperazine rings is 1. The van der Waals surface area contributed by atoms with E-state index in [1.54, 1.807) is 0 Å². The van der Waals surface area contributed by atoms with E-state index in [1.165, 1.54) is 11.3 Å². The van der Waals surface area contributed by atoms with E-state index in [1.807, 2.05) is 71.3 Å². The van der Waals surface area contributed by atoms with Crippen LogP contribution in [0.1, 0.15) is 15.9 Å². The Balaban J connectivity index is 1.28. The number of nitrogens with one attached hydrogen (secondary N) is 1. The predicted octanol–water partition coefficient (Wildman–Crippen LogP) is 2.91. The number of aryl methyl sites for hydroxylation is 1. The van der Waals surface area contributed by atoms with Crippen LogP contribution in [0.25, 0.3) is 10.6 Å². The number of rotatable bonds is 5. The summed E-state index contributed by atoms with van der Waals surface area (Å²) in [4.78, 5) is 28.8. The van der Waals surface area contributed by atoms with Gasteiger partial charge in [-0.05, 0) is 24.6 Å². The zero-order chi connectivity index (χ0) is 20.9. The molecule has 2 amide bonds. The number of carbonyl (C=O) groups excluding carboxylic acids is 2. The van der Waals surface area contributed by atoms with E-state index < -0.39 is 0 Å². The van der Waals surface area contributed by atoms with Crippen molar-refractivity contribution in [2.24, 2.45) is 0 Å². The maximum atomic E-state index is 12.5. The lowest BCUT2D eigenvalue weighted by atomic mass is 10.1. The Morgan fingerprint density at radius 2 is 1.67 bits per heavy atom. The van der Waals surface area contributed by atoms with E-state index in [0.29, 0.717) is 36.9 Å². The first-order valence-corrected chi connectivity index (χ1v) is 10.7. The zero-order valence-electron chi connectivity index (χ0n) is 16.7. The van der Waals surface area contributed by atoms with Gasteiger partial charge in [0.1, 0.15) is 5.01 Å². The molecule has 8 heteroatoms. The van der Waals surface area contributed by atoms with Gasteiger partial charge < -0.3 is 4.90 Å². The van der Waals surface area contributed by atoms with E-state index in [9.17, 15) is 9.59 Å². The van der Waals surface area contributed by atoms with Crippen LogP contribution in [0.4, 0.5) is 5.13 Å². The molecule has 0 aliphatic carbocycles. The molecule has 2 aromatic carbocycles. The Bertz CT molecular complexity index is 1030. The minimum absolute atomic E-state index is 0.0392. The lowest BCUT2D eigenvalue weighted by molar-refractivity contribution is -0.117. The lowest BCUT2D eigenvalue weighted by Crippen LogP contribution is -2.50. The maximum Gasteiger partial charge on any atom is 0.253 e. The summed E-state index contributed by atoms with van der Waals surface area (Å²) in [5, 5.41) is 12.4. The second kappa shape index (κ2) is 9.15. The normalized spacial score (nSPS) is 14.5. The van der Waals surface area contributed by atoms with Crippen LogP contribution >= 0.6 is 11.3 Å². The van der Waals surface area contributed by atoms with Crippen LogP contribution in [0.3, 0.4) is 0 Å². The molecule has 0 saturated carbocycles. The number of hydrogen-bond donors (Lipinski definition) is 1. The highest BCUT2D eigenvalue weighted by atomic mass is 32.1. The van der Waals surface area contributed by atoms with Crippen LogP contribution in [0.5, 0.6) is 0 Å². The van der Waals surface area contributed by atoms with Gasteiger partial charge in [0.2, 0.25) is 11.0 Å². The van der Waals surface area contributed by atoms with E-state index in [0.717, 1.165) is 16.1 Å². The summed E-state index contributed by atoms with van der Waals surface area (Å²) in [6.45, 7) is 4.84. The van der Waals surface area contributed by atoms with Gasteiger partial charge in [0, 0.05) is 37.3 Å². The van der Waals surface area contributed by atoms with Crippen molar-refractivity contribution in [2.45, 2.75) is 6.92 Å². The van der Waals surface area contributed by atoms with Crippen molar-refractivity contribution >= 4 is 28.3 Å². The first kappa shape index (κ1) is 20.2. The Hall–Kier alpha value is -3.10. The van der Waals surface area contributed by atoms with Gasteiger partial charge in [-0.25, -0.2) is 0 Å².